The van der Waals surface area contributed by atoms with Gasteiger partial charge in [-0.25, -0.2) is 0 Å². The summed E-state index contributed by atoms with van der Waals surface area (Å²) in [6.45, 7) is 6.18. The number of nitrogens with two attached hydrogens (primary N) is 1. The van der Waals surface area contributed by atoms with E-state index in [1.54, 1.807) is 6.92 Å². The molecule has 0 aliphatic carbocycles. The molecule has 0 bridgehead atoms. The molecule has 4 heteroatoms. The predicted molar refractivity (Wildman–Crippen MR) is 72.5 cm³/mol. The van der Waals surface area contributed by atoms with Crippen molar-refractivity contribution >= 4 is 5.91 Å². The third-order valence-electron chi connectivity index (χ3n) is 3.04. The zero-order chi connectivity index (χ0) is 13.7. The van der Waals surface area contributed by atoms with Gasteiger partial charge in [0.05, 0.1) is 12.5 Å². The fraction of sp³-hybridized carbons (Fsp3) is 0.500. The Morgan fingerprint density at radius 2 is 2.11 bits per heavy atom. The summed E-state index contributed by atoms with van der Waals surface area (Å²) in [5, 5.41) is 3.19. The smallest absolute Gasteiger partial charge is 0.223 e. The van der Waals surface area contributed by atoms with Gasteiger partial charge in [0.15, 0.2) is 0 Å². The molecule has 0 aliphatic rings. The lowest BCUT2D eigenvalue weighted by molar-refractivity contribution is -0.122. The van der Waals surface area contributed by atoms with E-state index in [0.29, 0.717) is 6.61 Å². The number of carbonyl (C=O) groups is 1. The van der Waals surface area contributed by atoms with Crippen molar-refractivity contribution in [1.29, 1.82) is 0 Å². The van der Waals surface area contributed by atoms with Crippen molar-refractivity contribution in [3.05, 3.63) is 29.3 Å². The van der Waals surface area contributed by atoms with Crippen LogP contribution >= 0.6 is 0 Å². The summed E-state index contributed by atoms with van der Waals surface area (Å²) in [7, 11) is 1.91. The Hall–Kier alpha value is -1.55. The Labute approximate surface area is 109 Å². The summed E-state index contributed by atoms with van der Waals surface area (Å²) in [6, 6.07) is 6.22. The number of amides is 1. The van der Waals surface area contributed by atoms with Gasteiger partial charge in [-0.05, 0) is 27.0 Å². The number of carbonyl (C=O) groups excluding carboxylic acids is 1. The van der Waals surface area contributed by atoms with E-state index >= 15 is 0 Å². The molecule has 0 fully saturated rings. The molecule has 0 saturated heterocycles. The van der Waals surface area contributed by atoms with E-state index in [2.05, 4.69) is 18.3 Å². The molecular weight excluding hydrogens is 228 g/mol. The summed E-state index contributed by atoms with van der Waals surface area (Å²) in [6.07, 6.45) is 0. The molecule has 0 aliphatic heterocycles. The van der Waals surface area contributed by atoms with Crippen LogP contribution in [0.4, 0.5) is 0 Å². The molecule has 100 valence electrons. The van der Waals surface area contributed by atoms with Crippen LogP contribution in [0.2, 0.25) is 0 Å². The first kappa shape index (κ1) is 14.5. The molecule has 0 spiro atoms. The van der Waals surface area contributed by atoms with E-state index in [-0.39, 0.29) is 17.9 Å². The maximum atomic E-state index is 11.0. The maximum Gasteiger partial charge on any atom is 0.223 e. The van der Waals surface area contributed by atoms with Gasteiger partial charge in [-0.15, -0.1) is 0 Å². The standard InChI is InChI=1S/C14H22N2O2/c1-9-5-6-13(12(7-9)11(3)16-4)18-8-10(2)14(15)17/h5-7,10-11,16H,8H2,1-4H3,(H2,15,17). The quantitative estimate of drug-likeness (QED) is 0.808. The second kappa shape index (κ2) is 6.40. The Kier molecular flexibility index (Phi) is 5.16. The zero-order valence-electron chi connectivity index (χ0n) is 11.5. The summed E-state index contributed by atoms with van der Waals surface area (Å²) < 4.78 is 5.70. The Morgan fingerprint density at radius 3 is 2.67 bits per heavy atom. The van der Waals surface area contributed by atoms with E-state index in [9.17, 15) is 4.79 Å². The molecule has 0 saturated carbocycles. The molecule has 0 aromatic heterocycles. The second-order valence-electron chi connectivity index (χ2n) is 4.67. The average Bonchev–Trinajstić information content (AvgIpc) is 2.35. The summed E-state index contributed by atoms with van der Waals surface area (Å²) in [4.78, 5) is 11.0. The van der Waals surface area contributed by atoms with Crippen LogP contribution in [0.3, 0.4) is 0 Å². The lowest BCUT2D eigenvalue weighted by Gasteiger charge is -2.18. The normalized spacial score (nSPS) is 14.0. The van der Waals surface area contributed by atoms with Crippen LogP contribution < -0.4 is 15.8 Å². The van der Waals surface area contributed by atoms with E-state index in [4.69, 9.17) is 10.5 Å². The minimum atomic E-state index is -0.342. The van der Waals surface area contributed by atoms with Crippen LogP contribution in [-0.2, 0) is 4.79 Å². The highest BCUT2D eigenvalue weighted by molar-refractivity contribution is 5.76. The van der Waals surface area contributed by atoms with Gasteiger partial charge in [-0.1, -0.05) is 24.6 Å². The van der Waals surface area contributed by atoms with Gasteiger partial charge < -0.3 is 15.8 Å². The van der Waals surface area contributed by atoms with Crippen LogP contribution in [0.15, 0.2) is 18.2 Å². The number of primary amides is 1. The van der Waals surface area contributed by atoms with Crippen LogP contribution in [0.1, 0.15) is 31.0 Å². The van der Waals surface area contributed by atoms with Crippen molar-refractivity contribution in [1.82, 2.24) is 5.32 Å². The van der Waals surface area contributed by atoms with Crippen LogP contribution in [-0.4, -0.2) is 19.6 Å². The lowest BCUT2D eigenvalue weighted by atomic mass is 10.0. The molecule has 0 heterocycles. The first-order valence-corrected chi connectivity index (χ1v) is 6.15. The molecule has 1 rings (SSSR count). The predicted octanol–water partition coefficient (Wildman–Crippen LogP) is 1.78. The van der Waals surface area contributed by atoms with Gasteiger partial charge >= 0.3 is 0 Å². The highest BCUT2D eigenvalue weighted by Crippen LogP contribution is 2.26. The number of benzene rings is 1. The number of aryl methyl sites for hydroxylation is 1. The third-order valence-corrected chi connectivity index (χ3v) is 3.04. The van der Waals surface area contributed by atoms with Crippen molar-refractivity contribution < 1.29 is 9.53 Å². The van der Waals surface area contributed by atoms with Crippen molar-refractivity contribution in [2.24, 2.45) is 11.7 Å². The molecule has 1 amide bonds. The maximum absolute atomic E-state index is 11.0. The molecule has 4 nitrogen and oxygen atoms in total. The third kappa shape index (κ3) is 3.74. The fourth-order valence-electron chi connectivity index (χ4n) is 1.59. The van der Waals surface area contributed by atoms with Crippen LogP contribution in [0, 0.1) is 12.8 Å². The van der Waals surface area contributed by atoms with Crippen LogP contribution in [0.25, 0.3) is 0 Å². The van der Waals surface area contributed by atoms with E-state index in [0.717, 1.165) is 11.3 Å². The topological polar surface area (TPSA) is 64.3 Å². The number of rotatable bonds is 6. The van der Waals surface area contributed by atoms with E-state index in [1.165, 1.54) is 5.56 Å². The molecule has 2 atom stereocenters. The SMILES string of the molecule is CNC(C)c1cc(C)ccc1OCC(C)C(N)=O. The molecule has 2 unspecified atom stereocenters. The number of ether oxygens (including phenoxy) is 1. The lowest BCUT2D eigenvalue weighted by Crippen LogP contribution is -2.26. The van der Waals surface area contributed by atoms with Gasteiger partial charge in [-0.2, -0.15) is 0 Å². The van der Waals surface area contributed by atoms with Crippen molar-refractivity contribution in [3.63, 3.8) is 0 Å². The number of hydrogen-bond acceptors (Lipinski definition) is 3. The Bertz CT molecular complexity index is 418. The van der Waals surface area contributed by atoms with Crippen LogP contribution in [0.5, 0.6) is 5.75 Å². The first-order valence-electron chi connectivity index (χ1n) is 6.15. The highest BCUT2D eigenvalue weighted by atomic mass is 16.5. The molecule has 0 radical (unpaired) electrons. The highest BCUT2D eigenvalue weighted by Gasteiger charge is 2.13. The van der Waals surface area contributed by atoms with Gasteiger partial charge in [0.1, 0.15) is 5.75 Å². The van der Waals surface area contributed by atoms with Crippen molar-refractivity contribution in [2.45, 2.75) is 26.8 Å². The zero-order valence-corrected chi connectivity index (χ0v) is 11.5. The van der Waals surface area contributed by atoms with Gasteiger partial charge in [0.25, 0.3) is 0 Å². The molecule has 1 aromatic rings. The van der Waals surface area contributed by atoms with E-state index in [1.807, 2.05) is 26.1 Å². The molecule has 18 heavy (non-hydrogen) atoms. The minimum Gasteiger partial charge on any atom is -0.492 e. The second-order valence-corrected chi connectivity index (χ2v) is 4.67. The van der Waals surface area contributed by atoms with Crippen molar-refractivity contribution in [2.75, 3.05) is 13.7 Å². The first-order chi connectivity index (χ1) is 8.45. The van der Waals surface area contributed by atoms with Gasteiger partial charge in [0.2, 0.25) is 5.91 Å². The number of hydrogen-bond donors (Lipinski definition) is 2. The molecular formula is C14H22N2O2. The summed E-state index contributed by atoms with van der Waals surface area (Å²) >= 11 is 0. The number of nitrogens with one attached hydrogen (secondary N) is 1. The van der Waals surface area contributed by atoms with Gasteiger partial charge in [0, 0.05) is 11.6 Å². The largest absolute Gasteiger partial charge is 0.492 e. The summed E-state index contributed by atoms with van der Waals surface area (Å²) in [5.74, 6) is 0.171. The van der Waals surface area contributed by atoms with Crippen molar-refractivity contribution in [3.8, 4) is 5.75 Å². The van der Waals surface area contributed by atoms with E-state index < -0.39 is 0 Å². The average molecular weight is 250 g/mol. The fourth-order valence-corrected chi connectivity index (χ4v) is 1.59. The Morgan fingerprint density at radius 1 is 1.44 bits per heavy atom. The van der Waals surface area contributed by atoms with Gasteiger partial charge in [-0.3, -0.25) is 4.79 Å². The summed E-state index contributed by atoms with van der Waals surface area (Å²) in [5.41, 5.74) is 7.49. The monoisotopic (exact) mass is 250 g/mol. The Balaban J connectivity index is 2.84. The molecule has 1 aromatic carbocycles. The minimum absolute atomic E-state index is 0.198. The molecule has 3 N–H and O–H groups in total.